The first-order chi connectivity index (χ1) is 9.38. The molecule has 5 heteroatoms. The van der Waals surface area contributed by atoms with Crippen LogP contribution in [0.1, 0.15) is 42.4 Å². The lowest BCUT2D eigenvalue weighted by atomic mass is 10.0. The Morgan fingerprint density at radius 1 is 1.20 bits per heavy atom. The van der Waals surface area contributed by atoms with Crippen LogP contribution in [0.3, 0.4) is 0 Å². The molecule has 2 rings (SSSR count). The molecular formula is C15H15Cl2FN2. The minimum Gasteiger partial charge on any atom is -0.237 e. The Kier molecular flexibility index (Phi) is 4.61. The van der Waals surface area contributed by atoms with Gasteiger partial charge in [0.25, 0.3) is 0 Å². The predicted octanol–water partition coefficient (Wildman–Crippen LogP) is 4.95. The number of hydrogen-bond acceptors (Lipinski definition) is 2. The Morgan fingerprint density at radius 2 is 1.90 bits per heavy atom. The fourth-order valence-corrected chi connectivity index (χ4v) is 2.86. The molecule has 0 aliphatic rings. The number of benzene rings is 1. The first kappa shape index (κ1) is 15.2. The lowest BCUT2D eigenvalue weighted by Gasteiger charge is -2.12. The third-order valence-electron chi connectivity index (χ3n) is 3.08. The van der Waals surface area contributed by atoms with E-state index in [0.29, 0.717) is 22.4 Å². The summed E-state index contributed by atoms with van der Waals surface area (Å²) >= 11 is 12.2. The molecule has 1 heterocycles. The van der Waals surface area contributed by atoms with Gasteiger partial charge < -0.3 is 0 Å². The maximum absolute atomic E-state index is 13.0. The van der Waals surface area contributed by atoms with Crippen LogP contribution >= 0.6 is 23.2 Å². The van der Waals surface area contributed by atoms with Crippen molar-refractivity contribution in [3.8, 4) is 0 Å². The fourth-order valence-electron chi connectivity index (χ4n) is 2.17. The van der Waals surface area contributed by atoms with Gasteiger partial charge in [-0.05, 0) is 30.5 Å². The molecule has 0 radical (unpaired) electrons. The zero-order valence-corrected chi connectivity index (χ0v) is 13.1. The van der Waals surface area contributed by atoms with E-state index in [9.17, 15) is 4.39 Å². The quantitative estimate of drug-likeness (QED) is 0.750. The van der Waals surface area contributed by atoms with Crippen molar-refractivity contribution in [3.05, 3.63) is 56.8 Å². The van der Waals surface area contributed by atoms with Crippen LogP contribution in [0.2, 0.25) is 10.2 Å². The van der Waals surface area contributed by atoms with Gasteiger partial charge in [0.2, 0.25) is 0 Å². The van der Waals surface area contributed by atoms with Gasteiger partial charge >= 0.3 is 0 Å². The largest absolute Gasteiger partial charge is 0.237 e. The molecular weight excluding hydrogens is 298 g/mol. The Hall–Kier alpha value is -1.19. The second kappa shape index (κ2) is 6.06. The zero-order chi connectivity index (χ0) is 14.9. The summed E-state index contributed by atoms with van der Waals surface area (Å²) in [5, 5.41) is 0.844. The molecule has 0 aliphatic heterocycles. The van der Waals surface area contributed by atoms with Crippen molar-refractivity contribution in [1.29, 1.82) is 0 Å². The van der Waals surface area contributed by atoms with Crippen LogP contribution in [-0.4, -0.2) is 9.97 Å². The average Bonchev–Trinajstić information content (AvgIpc) is 2.31. The molecule has 106 valence electrons. The topological polar surface area (TPSA) is 25.8 Å². The molecule has 0 atom stereocenters. The lowest BCUT2D eigenvalue weighted by Crippen LogP contribution is -2.05. The number of aromatic nitrogens is 2. The van der Waals surface area contributed by atoms with E-state index in [4.69, 9.17) is 23.2 Å². The molecule has 2 nitrogen and oxygen atoms in total. The molecule has 0 saturated heterocycles. The molecule has 2 aromatic rings. The highest BCUT2D eigenvalue weighted by molar-refractivity contribution is 6.31. The Labute approximate surface area is 128 Å². The van der Waals surface area contributed by atoms with Gasteiger partial charge in [0.05, 0.1) is 0 Å². The summed E-state index contributed by atoms with van der Waals surface area (Å²) < 4.78 is 13.0. The first-order valence-electron chi connectivity index (χ1n) is 6.35. The molecule has 20 heavy (non-hydrogen) atoms. The van der Waals surface area contributed by atoms with Crippen LogP contribution in [-0.2, 0) is 6.42 Å². The molecule has 0 fully saturated rings. The smallest absolute Gasteiger partial charge is 0.136 e. The molecule has 1 aromatic heterocycles. The van der Waals surface area contributed by atoms with Crippen molar-refractivity contribution < 1.29 is 4.39 Å². The minimum absolute atomic E-state index is 0.269. The summed E-state index contributed by atoms with van der Waals surface area (Å²) in [5.74, 6) is 0.500. The van der Waals surface area contributed by atoms with Crippen LogP contribution in [0.5, 0.6) is 0 Å². The summed E-state index contributed by atoms with van der Waals surface area (Å²) in [6, 6.07) is 4.30. The highest BCUT2D eigenvalue weighted by Crippen LogP contribution is 2.26. The Balaban J connectivity index is 2.35. The van der Waals surface area contributed by atoms with Gasteiger partial charge in [-0.25, -0.2) is 14.4 Å². The van der Waals surface area contributed by atoms with E-state index in [2.05, 4.69) is 9.97 Å². The maximum Gasteiger partial charge on any atom is 0.136 e. The van der Waals surface area contributed by atoms with Crippen molar-refractivity contribution in [1.82, 2.24) is 9.97 Å². The van der Waals surface area contributed by atoms with Gasteiger partial charge in [-0.2, -0.15) is 0 Å². The number of halogens is 3. The molecule has 1 aromatic carbocycles. The molecule has 0 N–H and O–H groups in total. The highest BCUT2D eigenvalue weighted by Gasteiger charge is 2.14. The number of aryl methyl sites for hydroxylation is 1. The standard InChI is InChI=1S/C15H15Cl2FN2/c1-8(2)14-9(3)19-13(20-15(14)17)6-10-4-5-11(18)7-12(10)16/h4-5,7-8H,6H2,1-3H3. The highest BCUT2D eigenvalue weighted by atomic mass is 35.5. The SMILES string of the molecule is Cc1nc(Cc2ccc(F)cc2Cl)nc(Cl)c1C(C)C. The molecule has 0 aliphatic carbocycles. The van der Waals surface area contributed by atoms with E-state index in [1.54, 1.807) is 6.07 Å². The van der Waals surface area contributed by atoms with E-state index < -0.39 is 0 Å². The molecule has 0 bridgehead atoms. The van der Waals surface area contributed by atoms with Gasteiger partial charge in [-0.15, -0.1) is 0 Å². The summed E-state index contributed by atoms with van der Waals surface area (Å²) in [6.45, 7) is 6.01. The summed E-state index contributed by atoms with van der Waals surface area (Å²) in [4.78, 5) is 8.78. The van der Waals surface area contributed by atoms with Crippen LogP contribution in [0.15, 0.2) is 18.2 Å². The first-order valence-corrected chi connectivity index (χ1v) is 7.11. The molecule has 0 spiro atoms. The zero-order valence-electron chi connectivity index (χ0n) is 11.5. The lowest BCUT2D eigenvalue weighted by molar-refractivity contribution is 0.627. The van der Waals surface area contributed by atoms with Gasteiger partial charge in [0.15, 0.2) is 0 Å². The third kappa shape index (κ3) is 3.28. The van der Waals surface area contributed by atoms with Crippen molar-refractivity contribution in [3.63, 3.8) is 0 Å². The maximum atomic E-state index is 13.0. The van der Waals surface area contributed by atoms with Gasteiger partial charge in [-0.3, -0.25) is 0 Å². The van der Waals surface area contributed by atoms with Gasteiger partial charge in [0.1, 0.15) is 16.8 Å². The number of nitrogens with zero attached hydrogens (tertiary/aromatic N) is 2. The van der Waals surface area contributed by atoms with Crippen LogP contribution in [0, 0.1) is 12.7 Å². The van der Waals surface area contributed by atoms with Crippen LogP contribution < -0.4 is 0 Å². The van der Waals surface area contributed by atoms with E-state index in [1.807, 2.05) is 20.8 Å². The average molecular weight is 313 g/mol. The van der Waals surface area contributed by atoms with E-state index in [0.717, 1.165) is 16.8 Å². The molecule has 0 unspecified atom stereocenters. The van der Waals surface area contributed by atoms with E-state index >= 15 is 0 Å². The number of rotatable bonds is 3. The molecule has 0 amide bonds. The molecule has 0 saturated carbocycles. The summed E-state index contributed by atoms with van der Waals surface area (Å²) in [7, 11) is 0. The van der Waals surface area contributed by atoms with Gasteiger partial charge in [0, 0.05) is 22.7 Å². The van der Waals surface area contributed by atoms with E-state index in [1.165, 1.54) is 12.1 Å². The fraction of sp³-hybridized carbons (Fsp3) is 0.333. The summed E-state index contributed by atoms with van der Waals surface area (Å²) in [5.41, 5.74) is 2.61. The Bertz CT molecular complexity index is 619. The number of hydrogen-bond donors (Lipinski definition) is 0. The summed E-state index contributed by atoms with van der Waals surface area (Å²) in [6.07, 6.45) is 0.429. The van der Waals surface area contributed by atoms with Crippen LogP contribution in [0.4, 0.5) is 4.39 Å². The van der Waals surface area contributed by atoms with Crippen LogP contribution in [0.25, 0.3) is 0 Å². The van der Waals surface area contributed by atoms with Crippen molar-refractivity contribution in [2.24, 2.45) is 0 Å². The predicted molar refractivity (Wildman–Crippen MR) is 80.1 cm³/mol. The second-order valence-corrected chi connectivity index (χ2v) is 5.76. The minimum atomic E-state index is -0.357. The monoisotopic (exact) mass is 312 g/mol. The Morgan fingerprint density at radius 3 is 2.45 bits per heavy atom. The second-order valence-electron chi connectivity index (χ2n) is 5.00. The van der Waals surface area contributed by atoms with Crippen molar-refractivity contribution in [2.75, 3.05) is 0 Å². The van der Waals surface area contributed by atoms with Crippen molar-refractivity contribution in [2.45, 2.75) is 33.1 Å². The third-order valence-corrected chi connectivity index (χ3v) is 3.72. The normalized spacial score (nSPS) is 11.2. The van der Waals surface area contributed by atoms with Gasteiger partial charge in [-0.1, -0.05) is 43.1 Å². The van der Waals surface area contributed by atoms with E-state index in [-0.39, 0.29) is 11.7 Å². The van der Waals surface area contributed by atoms with Crippen molar-refractivity contribution >= 4 is 23.2 Å².